The van der Waals surface area contributed by atoms with Crippen molar-refractivity contribution in [3.05, 3.63) is 102 Å². The predicted molar refractivity (Wildman–Crippen MR) is 114 cm³/mol. The Morgan fingerprint density at radius 2 is 1.59 bits per heavy atom. The largest absolute Gasteiger partial charge is 0.337 e. The van der Waals surface area contributed by atoms with Crippen LogP contribution in [0.2, 0.25) is 0 Å². The van der Waals surface area contributed by atoms with Crippen molar-refractivity contribution in [1.29, 1.82) is 0 Å². The molecular formula is C24H20N4O. The van der Waals surface area contributed by atoms with E-state index in [1.54, 1.807) is 6.21 Å². The Morgan fingerprint density at radius 1 is 0.966 bits per heavy atom. The second-order valence-corrected chi connectivity index (χ2v) is 7.33. The van der Waals surface area contributed by atoms with Gasteiger partial charge in [0.15, 0.2) is 5.82 Å². The van der Waals surface area contributed by atoms with E-state index in [0.29, 0.717) is 5.82 Å². The Kier molecular flexibility index (Phi) is 4.21. The number of hydrazone groups is 1. The van der Waals surface area contributed by atoms with Crippen LogP contribution in [0.15, 0.2) is 90.0 Å². The van der Waals surface area contributed by atoms with E-state index in [1.165, 1.54) is 0 Å². The van der Waals surface area contributed by atoms with E-state index in [4.69, 9.17) is 0 Å². The maximum absolute atomic E-state index is 12.9. The summed E-state index contributed by atoms with van der Waals surface area (Å²) in [6.07, 6.45) is 2.32. The zero-order chi connectivity index (χ0) is 19.7. The Morgan fingerprint density at radius 3 is 2.24 bits per heavy atom. The maximum Gasteiger partial charge on any atom is 0.244 e. The third kappa shape index (κ3) is 3.10. The van der Waals surface area contributed by atoms with Gasteiger partial charge in [-0.2, -0.15) is 5.10 Å². The van der Waals surface area contributed by atoms with E-state index in [1.807, 2.05) is 60.7 Å². The van der Waals surface area contributed by atoms with Crippen molar-refractivity contribution in [3.8, 4) is 0 Å². The van der Waals surface area contributed by atoms with Gasteiger partial charge in [-0.25, -0.2) is 10.4 Å². The van der Waals surface area contributed by atoms with Gasteiger partial charge in [0.25, 0.3) is 0 Å². The van der Waals surface area contributed by atoms with Crippen molar-refractivity contribution in [1.82, 2.24) is 15.4 Å². The van der Waals surface area contributed by atoms with Crippen LogP contribution in [-0.2, 0) is 10.2 Å². The number of rotatable bonds is 5. The van der Waals surface area contributed by atoms with Gasteiger partial charge in [-0.15, -0.1) is 0 Å². The molecule has 2 N–H and O–H groups in total. The highest BCUT2D eigenvalue weighted by atomic mass is 16.2. The minimum Gasteiger partial charge on any atom is -0.337 e. The lowest BCUT2D eigenvalue weighted by molar-refractivity contribution is -0.122. The fraction of sp³-hybridized carbons (Fsp3) is 0.125. The minimum absolute atomic E-state index is 0.0786. The molecular weight excluding hydrogens is 360 g/mol. The van der Waals surface area contributed by atoms with E-state index in [9.17, 15) is 4.79 Å². The predicted octanol–water partition coefficient (Wildman–Crippen LogP) is 4.02. The SMILES string of the molecule is O=C(N/N=C\c1nc2ccccc2[nH]1)C1CC1(c1ccccc1)c1ccccc1. The molecule has 142 valence electrons. The number of fused-ring (bicyclic) bond motifs is 1. The standard InChI is InChI=1S/C24H20N4O/c29-23(28-25-16-22-26-20-13-7-8-14-21(20)27-22)19-15-24(19,17-9-3-1-4-10-17)18-11-5-2-6-12-18/h1-14,16,19H,15H2,(H,26,27)(H,28,29)/b25-16-. The smallest absolute Gasteiger partial charge is 0.244 e. The first kappa shape index (κ1) is 17.4. The molecule has 1 saturated carbocycles. The van der Waals surface area contributed by atoms with Crippen molar-refractivity contribution >= 4 is 23.2 Å². The van der Waals surface area contributed by atoms with E-state index in [0.717, 1.165) is 28.6 Å². The number of hydrogen-bond acceptors (Lipinski definition) is 3. The highest BCUT2D eigenvalue weighted by Gasteiger charge is 2.60. The fourth-order valence-electron chi connectivity index (χ4n) is 4.12. The number of nitrogens with zero attached hydrogens (tertiary/aromatic N) is 2. The number of carbonyl (C=O) groups is 1. The first-order valence-corrected chi connectivity index (χ1v) is 9.66. The van der Waals surface area contributed by atoms with Crippen LogP contribution in [0, 0.1) is 5.92 Å². The zero-order valence-electron chi connectivity index (χ0n) is 15.7. The van der Waals surface area contributed by atoms with Crippen LogP contribution in [0.5, 0.6) is 0 Å². The van der Waals surface area contributed by atoms with Gasteiger partial charge in [-0.3, -0.25) is 4.79 Å². The van der Waals surface area contributed by atoms with Gasteiger partial charge in [0.1, 0.15) is 0 Å². The molecule has 0 spiro atoms. The van der Waals surface area contributed by atoms with Crippen molar-refractivity contribution in [2.75, 3.05) is 0 Å². The van der Waals surface area contributed by atoms with Crippen LogP contribution in [0.25, 0.3) is 11.0 Å². The van der Waals surface area contributed by atoms with Gasteiger partial charge in [-0.1, -0.05) is 72.8 Å². The monoisotopic (exact) mass is 380 g/mol. The fourth-order valence-corrected chi connectivity index (χ4v) is 4.12. The number of imidazole rings is 1. The Bertz CT molecular complexity index is 1110. The van der Waals surface area contributed by atoms with Crippen molar-refractivity contribution in [2.24, 2.45) is 11.0 Å². The van der Waals surface area contributed by atoms with Crippen LogP contribution in [0.3, 0.4) is 0 Å². The number of H-pyrrole nitrogens is 1. The molecule has 1 aliphatic carbocycles. The number of aromatic nitrogens is 2. The van der Waals surface area contributed by atoms with Gasteiger partial charge in [0.05, 0.1) is 23.2 Å². The number of para-hydroxylation sites is 2. The second-order valence-electron chi connectivity index (χ2n) is 7.33. The molecule has 0 radical (unpaired) electrons. The lowest BCUT2D eigenvalue weighted by Crippen LogP contribution is -2.25. The molecule has 1 heterocycles. The maximum atomic E-state index is 12.9. The number of carbonyl (C=O) groups excluding carboxylic acids is 1. The Hall–Kier alpha value is -3.73. The van der Waals surface area contributed by atoms with Crippen molar-refractivity contribution < 1.29 is 4.79 Å². The highest BCUT2D eigenvalue weighted by molar-refractivity contribution is 5.88. The number of aromatic amines is 1. The summed E-state index contributed by atoms with van der Waals surface area (Å²) in [6.45, 7) is 0. The molecule has 5 heteroatoms. The van der Waals surface area contributed by atoms with E-state index < -0.39 is 0 Å². The third-order valence-corrected chi connectivity index (χ3v) is 5.62. The molecule has 1 aromatic heterocycles. The summed E-state index contributed by atoms with van der Waals surface area (Å²) in [4.78, 5) is 20.5. The Balaban J connectivity index is 1.35. The van der Waals surface area contributed by atoms with Gasteiger partial charge in [0, 0.05) is 5.41 Å². The number of amides is 1. The number of nitrogens with one attached hydrogen (secondary N) is 2. The van der Waals surface area contributed by atoms with Gasteiger partial charge in [0.2, 0.25) is 5.91 Å². The van der Waals surface area contributed by atoms with Gasteiger partial charge < -0.3 is 4.98 Å². The van der Waals surface area contributed by atoms with Gasteiger partial charge in [-0.05, 0) is 29.7 Å². The third-order valence-electron chi connectivity index (χ3n) is 5.62. The summed E-state index contributed by atoms with van der Waals surface area (Å²) < 4.78 is 0. The lowest BCUT2D eigenvalue weighted by Gasteiger charge is -2.18. The molecule has 1 aliphatic rings. The molecule has 5 rings (SSSR count). The minimum atomic E-state index is -0.290. The molecule has 1 fully saturated rings. The number of benzene rings is 3. The average Bonchev–Trinajstić information content (AvgIpc) is 3.41. The number of hydrogen-bond donors (Lipinski definition) is 2. The van der Waals surface area contributed by atoms with E-state index in [2.05, 4.69) is 44.8 Å². The first-order chi connectivity index (χ1) is 14.3. The van der Waals surface area contributed by atoms with Crippen LogP contribution in [0.4, 0.5) is 0 Å². The van der Waals surface area contributed by atoms with Crippen LogP contribution in [-0.4, -0.2) is 22.1 Å². The zero-order valence-corrected chi connectivity index (χ0v) is 15.7. The normalized spacial score (nSPS) is 17.4. The molecule has 1 amide bonds. The molecule has 5 nitrogen and oxygen atoms in total. The molecule has 1 unspecified atom stereocenters. The summed E-state index contributed by atoms with van der Waals surface area (Å²) in [5.74, 6) is 0.380. The van der Waals surface area contributed by atoms with Crippen molar-refractivity contribution in [2.45, 2.75) is 11.8 Å². The summed E-state index contributed by atoms with van der Waals surface area (Å²) in [5, 5.41) is 4.13. The molecule has 1 atom stereocenters. The molecule has 4 aromatic rings. The molecule has 29 heavy (non-hydrogen) atoms. The molecule has 0 saturated heterocycles. The quantitative estimate of drug-likeness (QED) is 0.406. The molecule has 0 bridgehead atoms. The lowest BCUT2D eigenvalue weighted by atomic mass is 9.85. The summed E-state index contributed by atoms with van der Waals surface area (Å²) in [5.41, 5.74) is 6.54. The van der Waals surface area contributed by atoms with Crippen LogP contribution >= 0.6 is 0 Å². The Labute approximate surface area is 168 Å². The summed E-state index contributed by atoms with van der Waals surface area (Å²) >= 11 is 0. The summed E-state index contributed by atoms with van der Waals surface area (Å²) in [7, 11) is 0. The van der Waals surface area contributed by atoms with Crippen LogP contribution in [0.1, 0.15) is 23.4 Å². The first-order valence-electron chi connectivity index (χ1n) is 9.66. The highest BCUT2D eigenvalue weighted by Crippen LogP contribution is 2.58. The topological polar surface area (TPSA) is 70.1 Å². The molecule has 3 aromatic carbocycles. The molecule has 0 aliphatic heterocycles. The summed E-state index contributed by atoms with van der Waals surface area (Å²) in [6, 6.07) is 28.2. The van der Waals surface area contributed by atoms with E-state index in [-0.39, 0.29) is 17.2 Å². The van der Waals surface area contributed by atoms with E-state index >= 15 is 0 Å². The van der Waals surface area contributed by atoms with Crippen LogP contribution < -0.4 is 5.43 Å². The second kappa shape index (κ2) is 7.02. The van der Waals surface area contributed by atoms with Crippen molar-refractivity contribution in [3.63, 3.8) is 0 Å². The van der Waals surface area contributed by atoms with Gasteiger partial charge >= 0.3 is 0 Å². The average molecular weight is 380 g/mol.